The van der Waals surface area contributed by atoms with E-state index in [1.165, 1.54) is 5.06 Å². The van der Waals surface area contributed by atoms with Gasteiger partial charge in [0, 0.05) is 7.05 Å². The lowest BCUT2D eigenvalue weighted by Gasteiger charge is -2.21. The Hall–Kier alpha value is -0.610. The highest BCUT2D eigenvalue weighted by molar-refractivity contribution is 5.72. The minimum absolute atomic E-state index is 0.262. The second-order valence-corrected chi connectivity index (χ2v) is 2.49. The molecule has 0 amide bonds. The fraction of sp³-hybridized carbons (Fsp3) is 0.800. The van der Waals surface area contributed by atoms with Gasteiger partial charge in [0.25, 0.3) is 0 Å². The summed E-state index contributed by atoms with van der Waals surface area (Å²) in [6.45, 7) is 1.75. The fourth-order valence-corrected chi connectivity index (χ4v) is 0.693. The molecule has 1 aliphatic rings. The molecule has 4 nitrogen and oxygen atoms in total. The van der Waals surface area contributed by atoms with Crippen LogP contribution in [0, 0.1) is 0 Å². The Morgan fingerprint density at radius 3 is 2.56 bits per heavy atom. The van der Waals surface area contributed by atoms with Gasteiger partial charge in [-0.15, -0.1) is 5.06 Å². The van der Waals surface area contributed by atoms with Crippen LogP contribution in [0.15, 0.2) is 0 Å². The highest BCUT2D eigenvalue weighted by Crippen LogP contribution is 2.19. The Balaban J connectivity index is 2.69. The molecular formula is C5H10N2O2. The Morgan fingerprint density at radius 1 is 1.89 bits per heavy atom. The van der Waals surface area contributed by atoms with Gasteiger partial charge >= 0.3 is 5.97 Å². The molecule has 1 unspecified atom stereocenters. The van der Waals surface area contributed by atoms with E-state index in [1.54, 1.807) is 14.0 Å². The van der Waals surface area contributed by atoms with Crippen LogP contribution in [-0.2, 0) is 9.63 Å². The van der Waals surface area contributed by atoms with Crippen molar-refractivity contribution in [2.24, 2.45) is 5.73 Å². The smallest absolute Gasteiger partial charge is 0.328 e. The molecule has 0 aromatic carbocycles. The van der Waals surface area contributed by atoms with Gasteiger partial charge in [0.1, 0.15) is 5.66 Å². The van der Waals surface area contributed by atoms with Crippen LogP contribution >= 0.6 is 0 Å². The summed E-state index contributed by atoms with van der Waals surface area (Å²) in [6, 6.07) is 0. The van der Waals surface area contributed by atoms with E-state index in [4.69, 9.17) is 5.73 Å². The molecule has 1 aliphatic heterocycles. The van der Waals surface area contributed by atoms with Crippen LogP contribution in [0.25, 0.3) is 0 Å². The topological polar surface area (TPSA) is 55.6 Å². The number of hydrogen-bond donors (Lipinski definition) is 1. The zero-order chi connectivity index (χ0) is 7.07. The predicted molar refractivity (Wildman–Crippen MR) is 31.1 cm³/mol. The summed E-state index contributed by atoms with van der Waals surface area (Å²) in [5.41, 5.74) is 4.98. The molecule has 1 atom stereocenters. The van der Waals surface area contributed by atoms with Gasteiger partial charge < -0.3 is 10.6 Å². The maximum Gasteiger partial charge on any atom is 0.328 e. The van der Waals surface area contributed by atoms with E-state index in [1.807, 2.05) is 0 Å². The van der Waals surface area contributed by atoms with Gasteiger partial charge in [-0.25, -0.2) is 0 Å². The average molecular weight is 130 g/mol. The summed E-state index contributed by atoms with van der Waals surface area (Å²) in [5.74, 6) is -0.262. The first kappa shape index (κ1) is 6.51. The Morgan fingerprint density at radius 2 is 2.44 bits per heavy atom. The largest absolute Gasteiger partial charge is 0.366 e. The van der Waals surface area contributed by atoms with E-state index in [9.17, 15) is 4.79 Å². The van der Waals surface area contributed by atoms with Crippen LogP contribution in [-0.4, -0.2) is 23.7 Å². The van der Waals surface area contributed by atoms with Crippen molar-refractivity contribution in [1.29, 1.82) is 0 Å². The van der Waals surface area contributed by atoms with Crippen molar-refractivity contribution in [3.05, 3.63) is 0 Å². The van der Waals surface area contributed by atoms with Crippen LogP contribution in [0.4, 0.5) is 0 Å². The molecule has 0 spiro atoms. The number of rotatable bonds is 0. The minimum Gasteiger partial charge on any atom is -0.366 e. The van der Waals surface area contributed by atoms with Crippen molar-refractivity contribution < 1.29 is 9.63 Å². The van der Waals surface area contributed by atoms with Crippen molar-refractivity contribution >= 4 is 5.97 Å². The zero-order valence-corrected chi connectivity index (χ0v) is 5.55. The van der Waals surface area contributed by atoms with Gasteiger partial charge in [0.05, 0.1) is 6.42 Å². The third-order valence-electron chi connectivity index (χ3n) is 1.46. The number of nitrogens with zero attached hydrogens (tertiary/aromatic N) is 1. The first-order valence-corrected chi connectivity index (χ1v) is 2.76. The highest BCUT2D eigenvalue weighted by atomic mass is 16.7. The number of carbonyl (C=O) groups excluding carboxylic acids is 1. The fourth-order valence-electron chi connectivity index (χ4n) is 0.693. The number of hydroxylamine groups is 2. The van der Waals surface area contributed by atoms with Crippen molar-refractivity contribution in [2.75, 3.05) is 7.05 Å². The summed E-state index contributed by atoms with van der Waals surface area (Å²) in [5, 5.41) is 1.37. The summed E-state index contributed by atoms with van der Waals surface area (Å²) in [4.78, 5) is 15.2. The summed E-state index contributed by atoms with van der Waals surface area (Å²) < 4.78 is 0. The summed E-state index contributed by atoms with van der Waals surface area (Å²) in [6.07, 6.45) is 0.267. The van der Waals surface area contributed by atoms with Crippen LogP contribution < -0.4 is 5.73 Å². The lowest BCUT2D eigenvalue weighted by Crippen LogP contribution is -2.46. The van der Waals surface area contributed by atoms with E-state index in [-0.39, 0.29) is 12.4 Å². The van der Waals surface area contributed by atoms with Crippen LogP contribution in [0.3, 0.4) is 0 Å². The van der Waals surface area contributed by atoms with Gasteiger partial charge in [0.2, 0.25) is 0 Å². The second-order valence-electron chi connectivity index (χ2n) is 2.49. The molecule has 0 radical (unpaired) electrons. The normalized spacial score (nSPS) is 37.0. The van der Waals surface area contributed by atoms with E-state index in [0.29, 0.717) is 0 Å². The SMILES string of the molecule is CN1OC(=O)CC1(C)N. The summed E-state index contributed by atoms with van der Waals surface area (Å²) >= 11 is 0. The first-order chi connectivity index (χ1) is 4.02. The molecular weight excluding hydrogens is 120 g/mol. The Bertz CT molecular complexity index is 144. The molecule has 1 saturated heterocycles. The molecule has 0 bridgehead atoms. The molecule has 52 valence electrons. The molecule has 9 heavy (non-hydrogen) atoms. The standard InChI is InChI=1S/C5H10N2O2/c1-5(6)3-4(8)9-7(5)2/h3,6H2,1-2H3. The molecule has 0 aromatic rings. The van der Waals surface area contributed by atoms with Crippen LogP contribution in [0.5, 0.6) is 0 Å². The van der Waals surface area contributed by atoms with Gasteiger partial charge in [0.15, 0.2) is 0 Å². The molecule has 0 aliphatic carbocycles. The maximum absolute atomic E-state index is 10.5. The number of hydrogen-bond acceptors (Lipinski definition) is 4. The van der Waals surface area contributed by atoms with Gasteiger partial charge in [-0.2, -0.15) is 0 Å². The van der Waals surface area contributed by atoms with Crippen molar-refractivity contribution in [3.8, 4) is 0 Å². The van der Waals surface area contributed by atoms with Crippen LogP contribution in [0.1, 0.15) is 13.3 Å². The lowest BCUT2D eigenvalue weighted by atomic mass is 10.1. The highest BCUT2D eigenvalue weighted by Gasteiger charge is 2.37. The summed E-state index contributed by atoms with van der Waals surface area (Å²) in [7, 11) is 1.64. The molecule has 1 rings (SSSR count). The predicted octanol–water partition coefficient (Wildman–Crippen LogP) is -0.545. The zero-order valence-electron chi connectivity index (χ0n) is 5.55. The van der Waals surface area contributed by atoms with E-state index in [2.05, 4.69) is 4.84 Å². The van der Waals surface area contributed by atoms with E-state index >= 15 is 0 Å². The monoisotopic (exact) mass is 130 g/mol. The van der Waals surface area contributed by atoms with Crippen molar-refractivity contribution in [3.63, 3.8) is 0 Å². The quantitative estimate of drug-likeness (QED) is 0.478. The van der Waals surface area contributed by atoms with Gasteiger partial charge in [-0.1, -0.05) is 0 Å². The lowest BCUT2D eigenvalue weighted by molar-refractivity contribution is -0.175. The molecule has 1 fully saturated rings. The third kappa shape index (κ3) is 1.04. The number of nitrogens with two attached hydrogens (primary N) is 1. The second kappa shape index (κ2) is 1.68. The van der Waals surface area contributed by atoms with Crippen molar-refractivity contribution in [2.45, 2.75) is 19.0 Å². The number of carbonyl (C=O) groups is 1. The van der Waals surface area contributed by atoms with Gasteiger partial charge in [-0.3, -0.25) is 4.79 Å². The molecule has 1 heterocycles. The van der Waals surface area contributed by atoms with E-state index in [0.717, 1.165) is 0 Å². The average Bonchev–Trinajstić information content (AvgIpc) is 1.79. The van der Waals surface area contributed by atoms with Crippen molar-refractivity contribution in [1.82, 2.24) is 5.06 Å². The molecule has 2 N–H and O–H groups in total. The Kier molecular flexibility index (Phi) is 1.22. The molecule has 0 saturated carbocycles. The minimum atomic E-state index is -0.614. The maximum atomic E-state index is 10.5. The van der Waals surface area contributed by atoms with Gasteiger partial charge in [-0.05, 0) is 6.92 Å². The molecule has 0 aromatic heterocycles. The Labute approximate surface area is 53.5 Å². The van der Waals surface area contributed by atoms with E-state index < -0.39 is 5.66 Å². The third-order valence-corrected chi connectivity index (χ3v) is 1.46. The molecule has 4 heteroatoms. The first-order valence-electron chi connectivity index (χ1n) is 2.76. The van der Waals surface area contributed by atoms with Crippen LogP contribution in [0.2, 0.25) is 0 Å².